The lowest BCUT2D eigenvalue weighted by Gasteiger charge is -2.24. The Hall–Kier alpha value is -3.57. The fourth-order valence-corrected chi connectivity index (χ4v) is 3.98. The average Bonchev–Trinajstić information content (AvgIpc) is 2.76. The maximum Gasteiger partial charge on any atom is 0.322 e. The van der Waals surface area contributed by atoms with Gasteiger partial charge in [0.05, 0.1) is 17.3 Å². The lowest BCUT2D eigenvalue weighted by atomic mass is 10.0. The highest BCUT2D eigenvalue weighted by Gasteiger charge is 2.18. The number of H-pyrrole nitrogens is 1. The van der Waals surface area contributed by atoms with E-state index in [2.05, 4.69) is 16.4 Å². The van der Waals surface area contributed by atoms with Crippen molar-refractivity contribution in [1.82, 2.24) is 9.88 Å². The number of hydrogen-bond acceptors (Lipinski definition) is 2. The van der Waals surface area contributed by atoms with E-state index in [4.69, 9.17) is 11.6 Å². The standard InChI is InChI=1S/C26H24ClN3O2/c1-17-12-18(2)21-14-20(25(31)28-24(21)13-17)16-30(15-19-8-4-3-5-9-19)26(32)29-23-11-7-6-10-22(23)27/h3-14H,15-16H2,1-2H3,(H,28,31)(H,29,32). The molecular formula is C26H24ClN3O2. The van der Waals surface area contributed by atoms with Gasteiger partial charge in [0.2, 0.25) is 0 Å². The van der Waals surface area contributed by atoms with E-state index in [9.17, 15) is 9.59 Å². The zero-order chi connectivity index (χ0) is 22.7. The first kappa shape index (κ1) is 21.7. The minimum Gasteiger partial charge on any atom is -0.322 e. The molecule has 0 bridgehead atoms. The number of aromatic nitrogens is 1. The minimum atomic E-state index is -0.331. The van der Waals surface area contributed by atoms with Gasteiger partial charge >= 0.3 is 6.03 Å². The van der Waals surface area contributed by atoms with Crippen LogP contribution in [0.5, 0.6) is 0 Å². The fraction of sp³-hybridized carbons (Fsp3) is 0.154. The monoisotopic (exact) mass is 445 g/mol. The minimum absolute atomic E-state index is 0.157. The number of aryl methyl sites for hydroxylation is 2. The van der Waals surface area contributed by atoms with Gasteiger partial charge < -0.3 is 15.2 Å². The molecule has 2 amide bonds. The van der Waals surface area contributed by atoms with E-state index < -0.39 is 0 Å². The summed E-state index contributed by atoms with van der Waals surface area (Å²) in [7, 11) is 0. The Morgan fingerprint density at radius 3 is 2.44 bits per heavy atom. The van der Waals surface area contributed by atoms with E-state index >= 15 is 0 Å². The van der Waals surface area contributed by atoms with Gasteiger partial charge in [0.15, 0.2) is 0 Å². The van der Waals surface area contributed by atoms with Crippen molar-refractivity contribution in [3.8, 4) is 0 Å². The molecule has 0 saturated carbocycles. The quantitative estimate of drug-likeness (QED) is 0.393. The lowest BCUT2D eigenvalue weighted by molar-refractivity contribution is 0.206. The van der Waals surface area contributed by atoms with E-state index in [1.807, 2.05) is 62.4 Å². The van der Waals surface area contributed by atoms with E-state index in [-0.39, 0.29) is 18.1 Å². The lowest BCUT2D eigenvalue weighted by Crippen LogP contribution is -2.35. The maximum absolute atomic E-state index is 13.2. The summed E-state index contributed by atoms with van der Waals surface area (Å²) in [5.41, 5.74) is 4.77. The second-order valence-electron chi connectivity index (χ2n) is 7.92. The van der Waals surface area contributed by atoms with Crippen molar-refractivity contribution in [2.75, 3.05) is 5.32 Å². The van der Waals surface area contributed by atoms with Crippen molar-refractivity contribution >= 4 is 34.2 Å². The average molecular weight is 446 g/mol. The van der Waals surface area contributed by atoms with E-state index in [1.165, 1.54) is 0 Å². The van der Waals surface area contributed by atoms with Crippen molar-refractivity contribution in [2.24, 2.45) is 0 Å². The molecule has 2 N–H and O–H groups in total. The molecule has 0 unspecified atom stereocenters. The molecule has 32 heavy (non-hydrogen) atoms. The first-order valence-corrected chi connectivity index (χ1v) is 10.8. The molecule has 162 valence electrons. The van der Waals surface area contributed by atoms with E-state index in [1.54, 1.807) is 23.1 Å². The summed E-state index contributed by atoms with van der Waals surface area (Å²) >= 11 is 6.23. The second kappa shape index (κ2) is 9.28. The number of carbonyl (C=O) groups is 1. The van der Waals surface area contributed by atoms with Gasteiger partial charge in [-0.2, -0.15) is 0 Å². The molecule has 0 aliphatic carbocycles. The van der Waals surface area contributed by atoms with Crippen LogP contribution in [0.4, 0.5) is 10.5 Å². The summed E-state index contributed by atoms with van der Waals surface area (Å²) in [5, 5.41) is 4.29. The molecule has 0 aliphatic heterocycles. The van der Waals surface area contributed by atoms with E-state index in [0.717, 1.165) is 27.6 Å². The summed E-state index contributed by atoms with van der Waals surface area (Å²) in [4.78, 5) is 30.6. The van der Waals surface area contributed by atoms with Crippen molar-refractivity contribution in [1.29, 1.82) is 0 Å². The Labute approximate surface area is 191 Å². The first-order valence-electron chi connectivity index (χ1n) is 10.4. The molecule has 6 heteroatoms. The molecule has 1 heterocycles. The van der Waals surface area contributed by atoms with E-state index in [0.29, 0.717) is 22.8 Å². The molecule has 0 aliphatic rings. The summed E-state index contributed by atoms with van der Waals surface area (Å²) < 4.78 is 0. The highest BCUT2D eigenvalue weighted by atomic mass is 35.5. The summed E-state index contributed by atoms with van der Waals surface area (Å²) in [6.07, 6.45) is 0. The number of nitrogens with zero attached hydrogens (tertiary/aromatic N) is 1. The second-order valence-corrected chi connectivity index (χ2v) is 8.33. The molecule has 0 atom stereocenters. The number of benzene rings is 3. The number of urea groups is 1. The Morgan fingerprint density at radius 2 is 1.69 bits per heavy atom. The van der Waals surface area contributed by atoms with Crippen LogP contribution >= 0.6 is 11.6 Å². The molecule has 4 aromatic rings. The first-order chi connectivity index (χ1) is 15.4. The molecular weight excluding hydrogens is 422 g/mol. The van der Waals surface area contributed by atoms with Gasteiger partial charge in [0.1, 0.15) is 0 Å². The van der Waals surface area contributed by atoms with Crippen LogP contribution in [0, 0.1) is 13.8 Å². The Bertz CT molecular complexity index is 1330. The van der Waals surface area contributed by atoms with Gasteiger partial charge in [-0.25, -0.2) is 4.79 Å². The summed E-state index contributed by atoms with van der Waals surface area (Å²) in [6, 6.07) is 22.3. The van der Waals surface area contributed by atoms with Gasteiger partial charge in [-0.05, 0) is 54.8 Å². The van der Waals surface area contributed by atoms with Crippen LogP contribution < -0.4 is 10.9 Å². The van der Waals surface area contributed by atoms with Gasteiger partial charge in [-0.15, -0.1) is 0 Å². The van der Waals surface area contributed by atoms with Crippen LogP contribution in [0.15, 0.2) is 77.6 Å². The SMILES string of the molecule is Cc1cc(C)c2cc(CN(Cc3ccccc3)C(=O)Nc3ccccc3Cl)c(=O)[nH]c2c1. The summed E-state index contributed by atoms with van der Waals surface area (Å²) in [6.45, 7) is 4.52. The molecule has 0 fully saturated rings. The molecule has 4 rings (SSSR count). The number of aromatic amines is 1. The number of fused-ring (bicyclic) bond motifs is 1. The zero-order valence-electron chi connectivity index (χ0n) is 18.0. The number of amides is 2. The van der Waals surface area contributed by atoms with Gasteiger partial charge in [0, 0.05) is 23.0 Å². The zero-order valence-corrected chi connectivity index (χ0v) is 18.7. The van der Waals surface area contributed by atoms with Crippen molar-refractivity contribution < 1.29 is 4.79 Å². The Balaban J connectivity index is 1.68. The van der Waals surface area contributed by atoms with Gasteiger partial charge in [-0.3, -0.25) is 4.79 Å². The number of carbonyl (C=O) groups excluding carboxylic acids is 1. The van der Waals surface area contributed by atoms with Crippen molar-refractivity contribution in [3.63, 3.8) is 0 Å². The van der Waals surface area contributed by atoms with Gasteiger partial charge in [0.25, 0.3) is 5.56 Å². The van der Waals surface area contributed by atoms with Crippen LogP contribution in [0.3, 0.4) is 0 Å². The van der Waals surface area contributed by atoms with Crippen molar-refractivity contribution in [2.45, 2.75) is 26.9 Å². The topological polar surface area (TPSA) is 65.2 Å². The predicted octanol–water partition coefficient (Wildman–Crippen LogP) is 6.03. The van der Waals surface area contributed by atoms with Crippen LogP contribution in [0.2, 0.25) is 5.02 Å². The smallest absolute Gasteiger partial charge is 0.322 e. The number of hydrogen-bond donors (Lipinski definition) is 2. The molecule has 0 spiro atoms. The number of halogens is 1. The Kier molecular flexibility index (Phi) is 6.28. The molecule has 3 aromatic carbocycles. The molecule has 0 saturated heterocycles. The van der Waals surface area contributed by atoms with Gasteiger partial charge in [-0.1, -0.05) is 60.1 Å². The fourth-order valence-electron chi connectivity index (χ4n) is 3.80. The number of rotatable bonds is 5. The number of nitrogens with one attached hydrogen (secondary N) is 2. The molecule has 1 aromatic heterocycles. The third kappa shape index (κ3) is 4.84. The molecule has 5 nitrogen and oxygen atoms in total. The largest absolute Gasteiger partial charge is 0.322 e. The van der Waals surface area contributed by atoms with Crippen LogP contribution in [0.25, 0.3) is 10.9 Å². The predicted molar refractivity (Wildman–Crippen MR) is 130 cm³/mol. The summed E-state index contributed by atoms with van der Waals surface area (Å²) in [5.74, 6) is 0. The maximum atomic E-state index is 13.2. The highest BCUT2D eigenvalue weighted by molar-refractivity contribution is 6.33. The number of para-hydroxylation sites is 1. The molecule has 0 radical (unpaired) electrons. The third-order valence-corrected chi connectivity index (χ3v) is 5.70. The number of anilines is 1. The third-order valence-electron chi connectivity index (χ3n) is 5.37. The van der Waals surface area contributed by atoms with Crippen LogP contribution in [-0.2, 0) is 13.1 Å². The van der Waals surface area contributed by atoms with Crippen LogP contribution in [-0.4, -0.2) is 15.9 Å². The van der Waals surface area contributed by atoms with Crippen LogP contribution in [0.1, 0.15) is 22.3 Å². The Morgan fingerprint density at radius 1 is 0.969 bits per heavy atom. The highest BCUT2D eigenvalue weighted by Crippen LogP contribution is 2.22. The number of pyridine rings is 1. The van der Waals surface area contributed by atoms with Crippen molar-refractivity contribution in [3.05, 3.63) is 110 Å². The normalized spacial score (nSPS) is 10.8.